The van der Waals surface area contributed by atoms with Crippen LogP contribution in [0.2, 0.25) is 0 Å². The topological polar surface area (TPSA) is 59.4 Å². The number of methoxy groups -OCH3 is 1. The highest BCUT2D eigenvalue weighted by Gasteiger charge is 2.42. The molecule has 0 aliphatic carbocycles. The van der Waals surface area contributed by atoms with E-state index < -0.39 is 11.5 Å². The van der Waals surface area contributed by atoms with Crippen LogP contribution in [-0.4, -0.2) is 53.7 Å². The Morgan fingerprint density at radius 1 is 1.09 bits per heavy atom. The lowest BCUT2D eigenvalue weighted by Gasteiger charge is -2.47. The van der Waals surface area contributed by atoms with Crippen molar-refractivity contribution in [1.29, 1.82) is 0 Å². The third-order valence-corrected chi connectivity index (χ3v) is 6.25. The molecule has 0 radical (unpaired) electrons. The van der Waals surface area contributed by atoms with Gasteiger partial charge in [0.2, 0.25) is 0 Å². The first-order valence-electron chi connectivity index (χ1n) is 11.0. The number of ether oxygens (including phenoxy) is 1. The van der Waals surface area contributed by atoms with E-state index in [-0.39, 0.29) is 6.04 Å². The van der Waals surface area contributed by atoms with Crippen LogP contribution < -0.4 is 5.32 Å². The van der Waals surface area contributed by atoms with Crippen molar-refractivity contribution in [3.63, 3.8) is 0 Å². The van der Waals surface area contributed by atoms with Gasteiger partial charge in [-0.3, -0.25) is 4.90 Å². The van der Waals surface area contributed by atoms with E-state index in [4.69, 9.17) is 4.74 Å². The van der Waals surface area contributed by atoms with Gasteiger partial charge in [0.1, 0.15) is 0 Å². The largest absolute Gasteiger partial charge is 0.466 e. The molecule has 1 aliphatic heterocycles. The van der Waals surface area contributed by atoms with Gasteiger partial charge in [-0.05, 0) is 24.1 Å². The van der Waals surface area contributed by atoms with Gasteiger partial charge in [0.15, 0.2) is 0 Å². The molecule has 2 heterocycles. The number of hydrogen-bond acceptors (Lipinski definition) is 5. The Morgan fingerprint density at radius 2 is 1.75 bits per heavy atom. The number of esters is 1. The standard InChI is InChI=1S/C26H30N4O2/c1-26(22-11-7-4-8-12-22,30-19-23(28-20-30)13-14-24(31)32-2)25(21-9-5-3-6-10-21)29-17-15-27-16-18-29/h3-14,19-20,25,27H,15-18H2,1-2H3. The minimum Gasteiger partial charge on any atom is -0.466 e. The van der Waals surface area contributed by atoms with Gasteiger partial charge in [-0.1, -0.05) is 60.7 Å². The Hall–Kier alpha value is -3.22. The van der Waals surface area contributed by atoms with Crippen molar-refractivity contribution in [3.05, 3.63) is 96.1 Å². The lowest BCUT2D eigenvalue weighted by atomic mass is 9.79. The number of piperazine rings is 1. The number of nitrogens with zero attached hydrogens (tertiary/aromatic N) is 3. The first-order chi connectivity index (χ1) is 15.6. The third-order valence-electron chi connectivity index (χ3n) is 6.25. The zero-order valence-electron chi connectivity index (χ0n) is 18.6. The molecule has 32 heavy (non-hydrogen) atoms. The second-order valence-electron chi connectivity index (χ2n) is 8.18. The van der Waals surface area contributed by atoms with Crippen molar-refractivity contribution < 1.29 is 9.53 Å². The molecule has 1 fully saturated rings. The highest BCUT2D eigenvalue weighted by atomic mass is 16.5. The van der Waals surface area contributed by atoms with E-state index >= 15 is 0 Å². The number of nitrogens with one attached hydrogen (secondary N) is 1. The van der Waals surface area contributed by atoms with Gasteiger partial charge in [0.25, 0.3) is 0 Å². The third kappa shape index (κ3) is 4.52. The summed E-state index contributed by atoms with van der Waals surface area (Å²) >= 11 is 0. The average molecular weight is 431 g/mol. The summed E-state index contributed by atoms with van der Waals surface area (Å²) in [6.45, 7) is 6.13. The molecule has 0 spiro atoms. The smallest absolute Gasteiger partial charge is 0.330 e. The van der Waals surface area contributed by atoms with Crippen LogP contribution >= 0.6 is 0 Å². The molecule has 1 saturated heterocycles. The predicted octanol–water partition coefficient (Wildman–Crippen LogP) is 3.48. The highest BCUT2D eigenvalue weighted by Crippen LogP contribution is 2.43. The summed E-state index contributed by atoms with van der Waals surface area (Å²) in [6, 6.07) is 21.4. The summed E-state index contributed by atoms with van der Waals surface area (Å²) in [5.41, 5.74) is 2.75. The normalized spacial score (nSPS) is 17.7. The zero-order valence-corrected chi connectivity index (χ0v) is 18.6. The van der Waals surface area contributed by atoms with Gasteiger partial charge >= 0.3 is 5.97 Å². The lowest BCUT2D eigenvalue weighted by molar-refractivity contribution is -0.134. The van der Waals surface area contributed by atoms with Crippen LogP contribution in [-0.2, 0) is 15.1 Å². The summed E-state index contributed by atoms with van der Waals surface area (Å²) in [5, 5.41) is 3.48. The van der Waals surface area contributed by atoms with Crippen molar-refractivity contribution in [2.75, 3.05) is 33.3 Å². The Morgan fingerprint density at radius 3 is 2.41 bits per heavy atom. The summed E-state index contributed by atoms with van der Waals surface area (Å²) < 4.78 is 6.90. The van der Waals surface area contributed by atoms with Crippen LogP contribution in [0.3, 0.4) is 0 Å². The number of carbonyl (C=O) groups is 1. The van der Waals surface area contributed by atoms with Gasteiger partial charge in [-0.2, -0.15) is 0 Å². The second-order valence-corrected chi connectivity index (χ2v) is 8.18. The molecule has 0 saturated carbocycles. The van der Waals surface area contributed by atoms with E-state index in [0.717, 1.165) is 26.2 Å². The highest BCUT2D eigenvalue weighted by molar-refractivity contribution is 5.86. The van der Waals surface area contributed by atoms with Gasteiger partial charge in [-0.15, -0.1) is 0 Å². The van der Waals surface area contributed by atoms with Gasteiger partial charge < -0.3 is 14.6 Å². The van der Waals surface area contributed by atoms with Gasteiger partial charge in [0.05, 0.1) is 30.7 Å². The summed E-state index contributed by atoms with van der Waals surface area (Å²) in [5.74, 6) is -0.395. The van der Waals surface area contributed by atoms with E-state index in [9.17, 15) is 4.79 Å². The fraction of sp³-hybridized carbons (Fsp3) is 0.308. The fourth-order valence-corrected chi connectivity index (χ4v) is 4.59. The summed E-state index contributed by atoms with van der Waals surface area (Å²) in [4.78, 5) is 18.7. The van der Waals surface area contributed by atoms with Crippen molar-refractivity contribution in [3.8, 4) is 0 Å². The Labute approximate surface area is 189 Å². The van der Waals surface area contributed by atoms with Crippen LogP contribution in [0.5, 0.6) is 0 Å². The lowest BCUT2D eigenvalue weighted by Crippen LogP contribution is -2.52. The maximum Gasteiger partial charge on any atom is 0.330 e. The first-order valence-corrected chi connectivity index (χ1v) is 11.0. The molecule has 6 nitrogen and oxygen atoms in total. The molecule has 1 aliphatic rings. The molecule has 2 aromatic carbocycles. The average Bonchev–Trinajstić information content (AvgIpc) is 3.34. The van der Waals surface area contributed by atoms with E-state index in [0.29, 0.717) is 5.69 Å². The number of hydrogen-bond donors (Lipinski definition) is 1. The minimum absolute atomic E-state index is 0.0971. The van der Waals surface area contributed by atoms with Crippen LogP contribution in [0.15, 0.2) is 79.3 Å². The molecule has 2 unspecified atom stereocenters. The van der Waals surface area contributed by atoms with E-state index in [2.05, 4.69) is 81.3 Å². The monoisotopic (exact) mass is 430 g/mol. The molecular formula is C26H30N4O2. The molecule has 2 atom stereocenters. The molecule has 166 valence electrons. The number of carbonyl (C=O) groups excluding carboxylic acids is 1. The molecule has 1 aromatic heterocycles. The zero-order chi connectivity index (χ0) is 22.4. The molecule has 1 N–H and O–H groups in total. The molecule has 6 heteroatoms. The van der Waals surface area contributed by atoms with E-state index in [1.807, 2.05) is 18.6 Å². The predicted molar refractivity (Wildman–Crippen MR) is 126 cm³/mol. The van der Waals surface area contributed by atoms with Crippen molar-refractivity contribution in [2.45, 2.75) is 18.5 Å². The number of aromatic nitrogens is 2. The van der Waals surface area contributed by atoms with Crippen molar-refractivity contribution in [1.82, 2.24) is 19.8 Å². The van der Waals surface area contributed by atoms with Crippen molar-refractivity contribution >= 4 is 12.0 Å². The molecular weight excluding hydrogens is 400 g/mol. The quantitative estimate of drug-likeness (QED) is 0.459. The van der Waals surface area contributed by atoms with E-state index in [1.54, 1.807) is 6.08 Å². The molecule has 4 rings (SSSR count). The maximum absolute atomic E-state index is 11.6. The van der Waals surface area contributed by atoms with E-state index in [1.165, 1.54) is 24.3 Å². The Bertz CT molecular complexity index is 1040. The van der Waals surface area contributed by atoms with Crippen LogP contribution in [0, 0.1) is 0 Å². The minimum atomic E-state index is -0.426. The summed E-state index contributed by atoms with van der Waals surface area (Å²) in [7, 11) is 1.37. The summed E-state index contributed by atoms with van der Waals surface area (Å²) in [6.07, 6.45) is 6.96. The molecule has 3 aromatic rings. The number of rotatable bonds is 7. The Kier molecular flexibility index (Phi) is 6.83. The first kappa shape index (κ1) is 22.0. The van der Waals surface area contributed by atoms with Gasteiger partial charge in [-0.25, -0.2) is 9.78 Å². The number of imidazole rings is 1. The second kappa shape index (κ2) is 9.94. The van der Waals surface area contributed by atoms with Gasteiger partial charge in [0, 0.05) is 38.5 Å². The van der Waals surface area contributed by atoms with Crippen LogP contribution in [0.1, 0.15) is 29.8 Å². The van der Waals surface area contributed by atoms with Crippen LogP contribution in [0.4, 0.5) is 0 Å². The van der Waals surface area contributed by atoms with Crippen molar-refractivity contribution in [2.24, 2.45) is 0 Å². The number of benzene rings is 2. The van der Waals surface area contributed by atoms with Crippen LogP contribution in [0.25, 0.3) is 6.08 Å². The Balaban J connectivity index is 1.84. The molecule has 0 amide bonds. The molecule has 0 bridgehead atoms. The maximum atomic E-state index is 11.6. The SMILES string of the molecule is COC(=O)C=Cc1cn(C(C)(c2ccccc2)C(c2ccccc2)N2CCNCC2)cn1. The fourth-order valence-electron chi connectivity index (χ4n) is 4.59.